The average Bonchev–Trinajstić information content (AvgIpc) is 2.32. The number of nitrogens with zero attached hydrogens (tertiary/aromatic N) is 1. The van der Waals surface area contributed by atoms with Gasteiger partial charge in [-0.15, -0.1) is 11.6 Å². The van der Waals surface area contributed by atoms with Gasteiger partial charge < -0.3 is 10.2 Å². The van der Waals surface area contributed by atoms with Crippen molar-refractivity contribution in [1.29, 1.82) is 0 Å². The van der Waals surface area contributed by atoms with E-state index in [9.17, 15) is 4.79 Å². The van der Waals surface area contributed by atoms with Gasteiger partial charge in [0, 0.05) is 13.7 Å². The van der Waals surface area contributed by atoms with Crippen LogP contribution in [0.1, 0.15) is 0 Å². The Hall–Kier alpha value is -0.520. The number of rotatable bonds is 0. The molecular formula is C6H11ClN4O. The zero-order valence-electron chi connectivity index (χ0n) is 6.67. The second kappa shape index (κ2) is 2.76. The third-order valence-electron chi connectivity index (χ3n) is 2.29. The maximum atomic E-state index is 11.2. The van der Waals surface area contributed by atoms with Gasteiger partial charge in [0.15, 0.2) is 0 Å². The van der Waals surface area contributed by atoms with Crippen LogP contribution >= 0.6 is 11.6 Å². The first-order valence-corrected chi connectivity index (χ1v) is 4.28. The molecule has 12 heavy (non-hydrogen) atoms. The second-order valence-electron chi connectivity index (χ2n) is 3.02. The third kappa shape index (κ3) is 1.05. The summed E-state index contributed by atoms with van der Waals surface area (Å²) < 4.78 is 0. The molecule has 68 valence electrons. The van der Waals surface area contributed by atoms with E-state index in [0.29, 0.717) is 6.67 Å². The standard InChI is InChI=1S/C6H11ClN4O/c1-11-5-3(10-6(11)12)4(7)8-2-9-5/h3-5,8-9H,2H2,1H3,(H,10,12). The highest BCUT2D eigenvalue weighted by atomic mass is 35.5. The Morgan fingerprint density at radius 1 is 1.58 bits per heavy atom. The molecule has 0 spiro atoms. The van der Waals surface area contributed by atoms with E-state index in [1.165, 1.54) is 0 Å². The number of fused-ring (bicyclic) bond motifs is 1. The molecule has 2 rings (SSSR count). The molecule has 0 saturated carbocycles. The molecule has 6 heteroatoms. The van der Waals surface area contributed by atoms with E-state index in [2.05, 4.69) is 16.0 Å². The van der Waals surface area contributed by atoms with E-state index in [1.54, 1.807) is 11.9 Å². The average molecular weight is 191 g/mol. The molecule has 0 aromatic rings. The number of nitrogens with one attached hydrogen (secondary N) is 3. The maximum absolute atomic E-state index is 11.2. The Morgan fingerprint density at radius 3 is 3.00 bits per heavy atom. The fourth-order valence-corrected chi connectivity index (χ4v) is 1.85. The number of carbonyl (C=O) groups excluding carboxylic acids is 1. The number of halogens is 1. The molecule has 3 atom stereocenters. The van der Waals surface area contributed by atoms with Gasteiger partial charge in [-0.1, -0.05) is 0 Å². The van der Waals surface area contributed by atoms with Crippen molar-refractivity contribution in [2.75, 3.05) is 13.7 Å². The minimum Gasteiger partial charge on any atom is -0.329 e. The molecule has 0 aromatic carbocycles. The van der Waals surface area contributed by atoms with Gasteiger partial charge in [-0.05, 0) is 0 Å². The van der Waals surface area contributed by atoms with E-state index < -0.39 is 0 Å². The van der Waals surface area contributed by atoms with Crippen LogP contribution in [0.15, 0.2) is 0 Å². The molecule has 2 aliphatic heterocycles. The predicted octanol–water partition coefficient (Wildman–Crippen LogP) is -0.949. The summed E-state index contributed by atoms with van der Waals surface area (Å²) in [5.41, 5.74) is -0.190. The van der Waals surface area contributed by atoms with Gasteiger partial charge in [-0.25, -0.2) is 4.79 Å². The molecule has 0 bridgehead atoms. The number of carbonyl (C=O) groups is 1. The van der Waals surface area contributed by atoms with Crippen molar-refractivity contribution in [3.05, 3.63) is 0 Å². The number of likely N-dealkylation sites (N-methyl/N-ethyl adjacent to an activating group) is 1. The number of urea groups is 1. The summed E-state index contributed by atoms with van der Waals surface area (Å²) in [6, 6.07) is -0.121. The van der Waals surface area contributed by atoms with E-state index in [-0.39, 0.29) is 23.7 Å². The van der Waals surface area contributed by atoms with Crippen molar-refractivity contribution in [3.8, 4) is 0 Å². The fourth-order valence-electron chi connectivity index (χ4n) is 1.58. The number of amides is 2. The second-order valence-corrected chi connectivity index (χ2v) is 3.49. The van der Waals surface area contributed by atoms with Crippen LogP contribution in [-0.4, -0.2) is 42.4 Å². The SMILES string of the molecule is CN1C(=O)NC2C(Cl)NCNC21. The van der Waals surface area contributed by atoms with Crippen molar-refractivity contribution in [1.82, 2.24) is 20.9 Å². The smallest absolute Gasteiger partial charge is 0.318 e. The van der Waals surface area contributed by atoms with Crippen LogP contribution in [0.3, 0.4) is 0 Å². The zero-order valence-corrected chi connectivity index (χ0v) is 7.43. The Balaban J connectivity index is 2.16. The molecule has 3 N–H and O–H groups in total. The summed E-state index contributed by atoms with van der Waals surface area (Å²) in [5, 5.41) is 8.93. The normalized spacial score (nSPS) is 41.0. The quantitative estimate of drug-likeness (QED) is 0.341. The predicted molar refractivity (Wildman–Crippen MR) is 44.7 cm³/mol. The molecule has 5 nitrogen and oxygen atoms in total. The first-order valence-electron chi connectivity index (χ1n) is 3.84. The van der Waals surface area contributed by atoms with Gasteiger partial charge in [-0.2, -0.15) is 0 Å². The number of alkyl halides is 1. The van der Waals surface area contributed by atoms with E-state index >= 15 is 0 Å². The summed E-state index contributed by atoms with van der Waals surface area (Å²) in [7, 11) is 1.75. The van der Waals surface area contributed by atoms with E-state index in [4.69, 9.17) is 11.6 Å². The first-order chi connectivity index (χ1) is 5.70. The molecule has 3 unspecified atom stereocenters. The summed E-state index contributed by atoms with van der Waals surface area (Å²) >= 11 is 5.96. The summed E-state index contributed by atoms with van der Waals surface area (Å²) in [5.74, 6) is 0. The summed E-state index contributed by atoms with van der Waals surface area (Å²) in [6.45, 7) is 0.634. The summed E-state index contributed by atoms with van der Waals surface area (Å²) in [6.07, 6.45) is 0.0150. The van der Waals surface area contributed by atoms with E-state index in [0.717, 1.165) is 0 Å². The molecule has 0 radical (unpaired) electrons. The molecule has 2 aliphatic rings. The van der Waals surface area contributed by atoms with Crippen LogP contribution in [0.4, 0.5) is 4.79 Å². The highest BCUT2D eigenvalue weighted by Crippen LogP contribution is 2.16. The van der Waals surface area contributed by atoms with Crippen molar-refractivity contribution in [3.63, 3.8) is 0 Å². The van der Waals surface area contributed by atoms with Gasteiger partial charge in [0.05, 0.1) is 6.04 Å². The van der Waals surface area contributed by atoms with Gasteiger partial charge >= 0.3 is 6.03 Å². The lowest BCUT2D eigenvalue weighted by Crippen LogP contribution is -2.62. The molecule has 2 fully saturated rings. The van der Waals surface area contributed by atoms with Crippen LogP contribution in [0.25, 0.3) is 0 Å². The Labute approximate surface area is 75.4 Å². The Kier molecular flexibility index (Phi) is 1.86. The van der Waals surface area contributed by atoms with Gasteiger partial charge in [0.2, 0.25) is 0 Å². The molecule has 2 saturated heterocycles. The van der Waals surface area contributed by atoms with Gasteiger partial charge in [0.1, 0.15) is 11.7 Å². The minimum atomic E-state index is -0.190. The minimum absolute atomic E-state index is 0.0150. The third-order valence-corrected chi connectivity index (χ3v) is 2.72. The molecule has 2 heterocycles. The van der Waals surface area contributed by atoms with Crippen LogP contribution < -0.4 is 16.0 Å². The number of hydrogen-bond acceptors (Lipinski definition) is 3. The highest BCUT2D eigenvalue weighted by Gasteiger charge is 2.42. The lowest BCUT2D eigenvalue weighted by atomic mass is 10.2. The van der Waals surface area contributed by atoms with Crippen LogP contribution in [0.2, 0.25) is 0 Å². The van der Waals surface area contributed by atoms with Gasteiger partial charge in [-0.3, -0.25) is 10.6 Å². The van der Waals surface area contributed by atoms with Crippen molar-refractivity contribution in [2.45, 2.75) is 17.7 Å². The molecular weight excluding hydrogens is 180 g/mol. The van der Waals surface area contributed by atoms with Crippen LogP contribution in [0.5, 0.6) is 0 Å². The first kappa shape index (κ1) is 8.10. The topological polar surface area (TPSA) is 56.4 Å². The van der Waals surface area contributed by atoms with Crippen LogP contribution in [-0.2, 0) is 0 Å². The Morgan fingerprint density at radius 2 is 2.33 bits per heavy atom. The van der Waals surface area contributed by atoms with Crippen molar-refractivity contribution in [2.24, 2.45) is 0 Å². The monoisotopic (exact) mass is 190 g/mol. The number of hydrogen-bond donors (Lipinski definition) is 3. The lowest BCUT2D eigenvalue weighted by Gasteiger charge is -2.32. The van der Waals surface area contributed by atoms with Gasteiger partial charge in [0.25, 0.3) is 0 Å². The van der Waals surface area contributed by atoms with Crippen molar-refractivity contribution >= 4 is 17.6 Å². The lowest BCUT2D eigenvalue weighted by molar-refractivity contribution is 0.194. The Bertz CT molecular complexity index is 212. The van der Waals surface area contributed by atoms with Crippen molar-refractivity contribution < 1.29 is 4.79 Å². The largest absolute Gasteiger partial charge is 0.329 e. The zero-order chi connectivity index (χ0) is 8.72. The summed E-state index contributed by atoms with van der Waals surface area (Å²) in [4.78, 5) is 12.8. The highest BCUT2D eigenvalue weighted by molar-refractivity contribution is 6.21. The molecule has 0 aliphatic carbocycles. The fraction of sp³-hybridized carbons (Fsp3) is 0.833. The maximum Gasteiger partial charge on any atom is 0.318 e. The van der Waals surface area contributed by atoms with Crippen LogP contribution in [0, 0.1) is 0 Å². The van der Waals surface area contributed by atoms with E-state index in [1.807, 2.05) is 0 Å². The molecule has 2 amide bonds. The molecule has 0 aromatic heterocycles.